The van der Waals surface area contributed by atoms with E-state index in [9.17, 15) is 9.90 Å². The molecule has 3 heterocycles. The van der Waals surface area contributed by atoms with Crippen LogP contribution in [0, 0.1) is 0 Å². The lowest BCUT2D eigenvalue weighted by Gasteiger charge is -2.26. The molecule has 1 N–H and O–H groups in total. The Bertz CT molecular complexity index is 1370. The predicted octanol–water partition coefficient (Wildman–Crippen LogP) is 6.34. The number of para-hydroxylation sites is 1. The van der Waals surface area contributed by atoms with Crippen LogP contribution in [-0.2, 0) is 5.60 Å². The first-order valence-electron chi connectivity index (χ1n) is 11.5. The summed E-state index contributed by atoms with van der Waals surface area (Å²) >= 11 is 10.0. The molecule has 1 amide bonds. The molecular weight excluding hydrogens is 498 g/mol. The molecule has 0 saturated carbocycles. The normalized spacial score (nSPS) is 14.3. The molecule has 0 atom stereocenters. The summed E-state index contributed by atoms with van der Waals surface area (Å²) in [4.78, 5) is 17.0. The first-order chi connectivity index (χ1) is 16.8. The zero-order valence-electron chi connectivity index (χ0n) is 19.6. The van der Waals surface area contributed by atoms with Crippen molar-refractivity contribution in [2.45, 2.75) is 19.4 Å². The van der Waals surface area contributed by atoms with Gasteiger partial charge in [-0.2, -0.15) is 16.9 Å². The Morgan fingerprint density at radius 3 is 2.49 bits per heavy atom. The van der Waals surface area contributed by atoms with Crippen LogP contribution in [-0.4, -0.2) is 50.3 Å². The number of carbonyl (C=O) groups excluding carboxylic acids is 1. The van der Waals surface area contributed by atoms with E-state index in [1.54, 1.807) is 29.9 Å². The number of aromatic nitrogens is 2. The third kappa shape index (κ3) is 5.05. The molecule has 0 aliphatic carbocycles. The maximum Gasteiger partial charge on any atom is 0.253 e. The Labute approximate surface area is 218 Å². The minimum Gasteiger partial charge on any atom is -0.384 e. The second-order valence-corrected chi connectivity index (χ2v) is 11.7. The second kappa shape index (κ2) is 9.82. The minimum atomic E-state index is -1.09. The van der Waals surface area contributed by atoms with Gasteiger partial charge < -0.3 is 10.0 Å². The Morgan fingerprint density at radius 2 is 1.74 bits per heavy atom. The molecule has 5 rings (SSSR count). The average molecular weight is 524 g/mol. The van der Waals surface area contributed by atoms with Crippen LogP contribution in [0.25, 0.3) is 26.7 Å². The average Bonchev–Trinajstić information content (AvgIpc) is 3.52. The quantitative estimate of drug-likeness (QED) is 0.332. The van der Waals surface area contributed by atoms with Crippen LogP contribution in [0.1, 0.15) is 29.9 Å². The number of aliphatic hydroxyl groups is 1. The number of rotatable bonds is 5. The molecular formula is C27H26ClN3O2S2. The topological polar surface area (TPSA) is 58.4 Å². The van der Waals surface area contributed by atoms with Crippen molar-refractivity contribution in [3.05, 3.63) is 83.0 Å². The maximum absolute atomic E-state index is 13.0. The molecule has 0 radical (unpaired) electrons. The van der Waals surface area contributed by atoms with Crippen molar-refractivity contribution >= 4 is 40.6 Å². The standard InChI is InChI=1S/C27H26ClN3O2S2/c1-27(2,33)25-17-22(31(29-25)21-9-4-3-8-20(21)28)24-11-10-23(35-24)18-6-5-7-19(16-18)26(32)30-12-14-34-15-13-30/h3-11,16-17,33H,12-15H2,1-2H3. The lowest BCUT2D eigenvalue weighted by atomic mass is 10.1. The molecule has 2 aromatic carbocycles. The molecule has 180 valence electrons. The van der Waals surface area contributed by atoms with Crippen LogP contribution in [0.5, 0.6) is 0 Å². The summed E-state index contributed by atoms with van der Waals surface area (Å²) in [6.45, 7) is 5.04. The highest BCUT2D eigenvalue weighted by Gasteiger charge is 2.25. The van der Waals surface area contributed by atoms with Crippen LogP contribution in [0.15, 0.2) is 66.7 Å². The van der Waals surface area contributed by atoms with Gasteiger partial charge >= 0.3 is 0 Å². The highest BCUT2D eigenvalue weighted by molar-refractivity contribution is 7.99. The van der Waals surface area contributed by atoms with Crippen molar-refractivity contribution in [2.24, 2.45) is 0 Å². The van der Waals surface area contributed by atoms with Gasteiger partial charge in [0, 0.05) is 35.0 Å². The second-order valence-electron chi connectivity index (χ2n) is 8.99. The van der Waals surface area contributed by atoms with E-state index in [2.05, 4.69) is 12.1 Å². The first kappa shape index (κ1) is 24.1. The first-order valence-corrected chi connectivity index (χ1v) is 13.8. The summed E-state index contributed by atoms with van der Waals surface area (Å²) in [6, 6.07) is 21.4. The van der Waals surface area contributed by atoms with Gasteiger partial charge in [-0.05, 0) is 61.9 Å². The Balaban J connectivity index is 1.51. The van der Waals surface area contributed by atoms with Crippen LogP contribution in [0.2, 0.25) is 5.02 Å². The molecule has 35 heavy (non-hydrogen) atoms. The monoisotopic (exact) mass is 523 g/mol. The van der Waals surface area contributed by atoms with Gasteiger partial charge in [0.1, 0.15) is 5.60 Å². The number of hydrogen-bond donors (Lipinski definition) is 1. The Kier molecular flexibility index (Phi) is 6.77. The summed E-state index contributed by atoms with van der Waals surface area (Å²) in [7, 11) is 0. The zero-order chi connectivity index (χ0) is 24.6. The molecule has 1 aliphatic rings. The molecule has 1 fully saturated rings. The van der Waals surface area contributed by atoms with Crippen LogP contribution >= 0.6 is 34.7 Å². The fourth-order valence-corrected chi connectivity index (χ4v) is 6.17. The van der Waals surface area contributed by atoms with Crippen molar-refractivity contribution in [2.75, 3.05) is 24.6 Å². The van der Waals surface area contributed by atoms with Gasteiger partial charge in [-0.25, -0.2) is 4.68 Å². The fourth-order valence-electron chi connectivity index (χ4n) is 4.05. The van der Waals surface area contributed by atoms with Crippen LogP contribution < -0.4 is 0 Å². The lowest BCUT2D eigenvalue weighted by Crippen LogP contribution is -2.37. The number of halogens is 1. The number of carbonyl (C=O) groups is 1. The van der Waals surface area contributed by atoms with Gasteiger partial charge in [0.15, 0.2) is 0 Å². The molecule has 8 heteroatoms. The number of thioether (sulfide) groups is 1. The van der Waals surface area contributed by atoms with Crippen molar-refractivity contribution in [3.8, 4) is 26.7 Å². The summed E-state index contributed by atoms with van der Waals surface area (Å²) < 4.78 is 1.79. The van der Waals surface area contributed by atoms with E-state index in [0.29, 0.717) is 10.7 Å². The van der Waals surface area contributed by atoms with Gasteiger partial charge in [-0.1, -0.05) is 35.9 Å². The van der Waals surface area contributed by atoms with E-state index in [0.717, 1.165) is 56.9 Å². The smallest absolute Gasteiger partial charge is 0.253 e. The van der Waals surface area contributed by atoms with E-state index in [4.69, 9.17) is 16.7 Å². The molecule has 0 bridgehead atoms. The van der Waals surface area contributed by atoms with Gasteiger partial charge in [0.2, 0.25) is 0 Å². The molecule has 1 saturated heterocycles. The summed E-state index contributed by atoms with van der Waals surface area (Å²) in [5.74, 6) is 2.08. The van der Waals surface area contributed by atoms with Crippen molar-refractivity contribution in [1.82, 2.24) is 14.7 Å². The Hall–Kier alpha value is -2.58. The minimum absolute atomic E-state index is 0.0931. The van der Waals surface area contributed by atoms with Crippen molar-refractivity contribution < 1.29 is 9.90 Å². The number of amides is 1. The van der Waals surface area contributed by atoms with Crippen molar-refractivity contribution in [3.63, 3.8) is 0 Å². The van der Waals surface area contributed by atoms with Gasteiger partial charge in [-0.15, -0.1) is 11.3 Å². The molecule has 1 aliphatic heterocycles. The van der Waals surface area contributed by atoms with Gasteiger partial charge in [-0.3, -0.25) is 4.79 Å². The zero-order valence-corrected chi connectivity index (χ0v) is 22.0. The number of thiophene rings is 1. The van der Waals surface area contributed by atoms with E-state index < -0.39 is 5.60 Å². The van der Waals surface area contributed by atoms with Gasteiger partial charge in [0.05, 0.1) is 27.0 Å². The van der Waals surface area contributed by atoms with Gasteiger partial charge in [0.25, 0.3) is 5.91 Å². The largest absolute Gasteiger partial charge is 0.384 e. The van der Waals surface area contributed by atoms with E-state index in [1.807, 2.05) is 71.3 Å². The third-order valence-electron chi connectivity index (χ3n) is 5.97. The van der Waals surface area contributed by atoms with Crippen LogP contribution in [0.3, 0.4) is 0 Å². The fraction of sp³-hybridized carbons (Fsp3) is 0.259. The number of benzene rings is 2. The summed E-state index contributed by atoms with van der Waals surface area (Å²) in [5.41, 5.74) is 2.80. The molecule has 5 nitrogen and oxygen atoms in total. The molecule has 0 spiro atoms. The molecule has 2 aromatic heterocycles. The Morgan fingerprint density at radius 1 is 1.00 bits per heavy atom. The third-order valence-corrected chi connectivity index (χ3v) is 8.39. The highest BCUT2D eigenvalue weighted by atomic mass is 35.5. The predicted molar refractivity (Wildman–Crippen MR) is 146 cm³/mol. The number of nitrogens with zero attached hydrogens (tertiary/aromatic N) is 3. The SMILES string of the molecule is CC(C)(O)c1cc(-c2ccc(-c3cccc(C(=O)N4CCSCC4)c3)s2)n(-c2ccccc2Cl)n1. The van der Waals surface area contributed by atoms with E-state index in [-0.39, 0.29) is 5.91 Å². The van der Waals surface area contributed by atoms with Crippen LogP contribution in [0.4, 0.5) is 0 Å². The maximum atomic E-state index is 13.0. The van der Waals surface area contributed by atoms with E-state index in [1.165, 1.54) is 0 Å². The molecule has 0 unspecified atom stereocenters. The van der Waals surface area contributed by atoms with Crippen molar-refractivity contribution in [1.29, 1.82) is 0 Å². The number of hydrogen-bond acceptors (Lipinski definition) is 5. The summed E-state index contributed by atoms with van der Waals surface area (Å²) in [5, 5.41) is 15.9. The van der Waals surface area contributed by atoms with E-state index >= 15 is 0 Å². The molecule has 4 aromatic rings. The summed E-state index contributed by atoms with van der Waals surface area (Å²) in [6.07, 6.45) is 0. The highest BCUT2D eigenvalue weighted by Crippen LogP contribution is 2.38. The lowest BCUT2D eigenvalue weighted by molar-refractivity contribution is 0.0733.